The molecule has 0 amide bonds. The summed E-state index contributed by atoms with van der Waals surface area (Å²) in [5.41, 5.74) is 1.35. The van der Waals surface area contributed by atoms with Crippen molar-refractivity contribution in [2.45, 2.75) is 20.3 Å². The third-order valence-electron chi connectivity index (χ3n) is 1.11. The molecule has 0 atom stereocenters. The van der Waals surface area contributed by atoms with Crippen LogP contribution in [0.15, 0.2) is 23.8 Å². The summed E-state index contributed by atoms with van der Waals surface area (Å²) in [5, 5.41) is 0. The van der Waals surface area contributed by atoms with Crippen LogP contribution in [0.2, 0.25) is 0 Å². The van der Waals surface area contributed by atoms with E-state index in [4.69, 9.17) is 0 Å². The second-order valence-electron chi connectivity index (χ2n) is 1.62. The van der Waals surface area contributed by atoms with Crippen LogP contribution in [0, 0.1) is 6.92 Å². The third-order valence-corrected chi connectivity index (χ3v) is 1.11. The van der Waals surface area contributed by atoms with Crippen molar-refractivity contribution >= 4 is 0 Å². The van der Waals surface area contributed by atoms with E-state index in [1.165, 1.54) is 5.57 Å². The largest absolute Gasteiger partial charge is 0.0845 e. The SMILES string of the molecule is [CH2]/C=C\C(=C\C)CC. The second-order valence-corrected chi connectivity index (χ2v) is 1.62. The predicted molar refractivity (Wildman–Crippen MR) is 38.5 cm³/mol. The van der Waals surface area contributed by atoms with Gasteiger partial charge in [0.1, 0.15) is 0 Å². The molecule has 1 radical (unpaired) electrons. The lowest BCUT2D eigenvalue weighted by molar-refractivity contribution is 1.14. The molecule has 0 aromatic carbocycles. The summed E-state index contributed by atoms with van der Waals surface area (Å²) < 4.78 is 0. The van der Waals surface area contributed by atoms with Gasteiger partial charge in [-0.3, -0.25) is 0 Å². The van der Waals surface area contributed by atoms with E-state index >= 15 is 0 Å². The zero-order chi connectivity index (χ0) is 6.41. The second kappa shape index (κ2) is 4.63. The summed E-state index contributed by atoms with van der Waals surface area (Å²) in [7, 11) is 0. The average molecular weight is 109 g/mol. The molecule has 0 aliphatic heterocycles. The van der Waals surface area contributed by atoms with Crippen molar-refractivity contribution in [2.24, 2.45) is 0 Å². The summed E-state index contributed by atoms with van der Waals surface area (Å²) in [5.74, 6) is 0. The lowest BCUT2D eigenvalue weighted by Crippen LogP contribution is -1.69. The lowest BCUT2D eigenvalue weighted by Gasteiger charge is -1.90. The van der Waals surface area contributed by atoms with Crippen LogP contribution in [0.1, 0.15) is 20.3 Å². The smallest absolute Gasteiger partial charge is 0.0311 e. The minimum atomic E-state index is 1.10. The first-order chi connectivity index (χ1) is 3.85. The minimum absolute atomic E-state index is 1.10. The van der Waals surface area contributed by atoms with Crippen LogP contribution >= 0.6 is 0 Å². The molecule has 0 spiro atoms. The van der Waals surface area contributed by atoms with Gasteiger partial charge in [-0.1, -0.05) is 30.7 Å². The highest BCUT2D eigenvalue weighted by atomic mass is 13.9. The van der Waals surface area contributed by atoms with Gasteiger partial charge in [0, 0.05) is 0 Å². The molecule has 0 aromatic rings. The van der Waals surface area contributed by atoms with Crippen LogP contribution < -0.4 is 0 Å². The van der Waals surface area contributed by atoms with Crippen LogP contribution in [0.25, 0.3) is 0 Å². The van der Waals surface area contributed by atoms with Gasteiger partial charge in [0.05, 0.1) is 0 Å². The Labute approximate surface area is 51.9 Å². The van der Waals surface area contributed by atoms with Gasteiger partial charge in [-0.05, 0) is 20.3 Å². The van der Waals surface area contributed by atoms with Gasteiger partial charge in [-0.25, -0.2) is 0 Å². The zero-order valence-corrected chi connectivity index (χ0v) is 5.65. The zero-order valence-electron chi connectivity index (χ0n) is 5.65. The van der Waals surface area contributed by atoms with E-state index in [1.54, 1.807) is 0 Å². The van der Waals surface area contributed by atoms with E-state index < -0.39 is 0 Å². The van der Waals surface area contributed by atoms with Gasteiger partial charge >= 0.3 is 0 Å². The van der Waals surface area contributed by atoms with Gasteiger partial charge in [-0.2, -0.15) is 0 Å². The normalized spacial score (nSPS) is 13.1. The van der Waals surface area contributed by atoms with Crippen LogP contribution in [0.3, 0.4) is 0 Å². The first-order valence-electron chi connectivity index (χ1n) is 2.96. The Kier molecular flexibility index (Phi) is 4.33. The van der Waals surface area contributed by atoms with Gasteiger partial charge < -0.3 is 0 Å². The van der Waals surface area contributed by atoms with E-state index in [9.17, 15) is 0 Å². The fourth-order valence-electron chi connectivity index (χ4n) is 0.570. The molecular weight excluding hydrogens is 96.1 g/mol. The number of allylic oxidation sites excluding steroid dienone is 4. The van der Waals surface area contributed by atoms with Crippen LogP contribution in [-0.2, 0) is 0 Å². The van der Waals surface area contributed by atoms with Crippen molar-refractivity contribution in [3.05, 3.63) is 30.7 Å². The van der Waals surface area contributed by atoms with Crippen LogP contribution in [0.4, 0.5) is 0 Å². The Bertz CT molecular complexity index is 93.9. The molecule has 0 bridgehead atoms. The predicted octanol–water partition coefficient (Wildman–Crippen LogP) is 2.73. The summed E-state index contributed by atoms with van der Waals surface area (Å²) in [4.78, 5) is 0. The molecule has 0 fully saturated rings. The highest BCUT2D eigenvalue weighted by molar-refractivity contribution is 5.17. The van der Waals surface area contributed by atoms with Crippen molar-refractivity contribution in [1.82, 2.24) is 0 Å². The molecule has 0 saturated heterocycles. The molecule has 0 aliphatic carbocycles. The maximum atomic E-state index is 3.60. The molecule has 0 saturated carbocycles. The van der Waals surface area contributed by atoms with E-state index in [0.29, 0.717) is 0 Å². The number of hydrogen-bond donors (Lipinski definition) is 0. The highest BCUT2D eigenvalue weighted by Gasteiger charge is 1.79. The topological polar surface area (TPSA) is 0 Å². The van der Waals surface area contributed by atoms with Crippen molar-refractivity contribution < 1.29 is 0 Å². The molecule has 0 N–H and O–H groups in total. The Morgan fingerprint density at radius 3 is 2.38 bits per heavy atom. The maximum Gasteiger partial charge on any atom is -0.0311 e. The van der Waals surface area contributed by atoms with Crippen LogP contribution in [-0.4, -0.2) is 0 Å². The summed E-state index contributed by atoms with van der Waals surface area (Å²) in [6, 6.07) is 0. The highest BCUT2D eigenvalue weighted by Crippen LogP contribution is 2.00. The quantitative estimate of drug-likeness (QED) is 0.478. The van der Waals surface area contributed by atoms with Gasteiger partial charge in [0.25, 0.3) is 0 Å². The van der Waals surface area contributed by atoms with E-state index in [2.05, 4.69) is 19.9 Å². The van der Waals surface area contributed by atoms with Crippen molar-refractivity contribution in [2.75, 3.05) is 0 Å². The molecule has 0 rings (SSSR count). The van der Waals surface area contributed by atoms with Gasteiger partial charge in [0.15, 0.2) is 0 Å². The molecular formula is C8H13. The van der Waals surface area contributed by atoms with Crippen molar-refractivity contribution in [3.8, 4) is 0 Å². The molecule has 0 unspecified atom stereocenters. The molecule has 0 heterocycles. The summed E-state index contributed by atoms with van der Waals surface area (Å²) in [6.45, 7) is 7.77. The third kappa shape index (κ3) is 2.62. The van der Waals surface area contributed by atoms with Crippen LogP contribution in [0.5, 0.6) is 0 Å². The van der Waals surface area contributed by atoms with E-state index in [0.717, 1.165) is 6.42 Å². The monoisotopic (exact) mass is 109 g/mol. The Morgan fingerprint density at radius 2 is 2.25 bits per heavy atom. The molecule has 0 heteroatoms. The van der Waals surface area contributed by atoms with Crippen molar-refractivity contribution in [1.29, 1.82) is 0 Å². The average Bonchev–Trinajstić information content (AvgIpc) is 1.83. The van der Waals surface area contributed by atoms with Gasteiger partial charge in [-0.15, -0.1) is 0 Å². The maximum absolute atomic E-state index is 3.60. The standard InChI is InChI=1S/C8H13/c1-4-7-8(5-2)6-3/h4-5,7H,1,6H2,2-3H3/b7-4-,8-5+. The first-order valence-corrected chi connectivity index (χ1v) is 2.96. The summed E-state index contributed by atoms with van der Waals surface area (Å²) in [6.07, 6.45) is 7.04. The molecule has 0 aromatic heterocycles. The number of rotatable bonds is 2. The molecule has 45 valence electrons. The summed E-state index contributed by atoms with van der Waals surface area (Å²) >= 11 is 0. The Balaban J connectivity index is 3.72. The number of hydrogen-bond acceptors (Lipinski definition) is 0. The van der Waals surface area contributed by atoms with E-state index in [-0.39, 0.29) is 0 Å². The fourth-order valence-corrected chi connectivity index (χ4v) is 0.570. The Hall–Kier alpha value is -0.520. The fraction of sp³-hybridized carbons (Fsp3) is 0.375. The van der Waals surface area contributed by atoms with Crippen molar-refractivity contribution in [3.63, 3.8) is 0 Å². The molecule has 0 aliphatic rings. The lowest BCUT2D eigenvalue weighted by atomic mass is 10.2. The molecule has 0 nitrogen and oxygen atoms in total. The first kappa shape index (κ1) is 7.48. The Morgan fingerprint density at radius 1 is 1.62 bits per heavy atom. The minimum Gasteiger partial charge on any atom is -0.0845 e. The molecule has 8 heavy (non-hydrogen) atoms. The van der Waals surface area contributed by atoms with Gasteiger partial charge in [0.2, 0.25) is 0 Å². The van der Waals surface area contributed by atoms with E-state index in [1.807, 2.05) is 19.1 Å².